The van der Waals surface area contributed by atoms with E-state index in [1.54, 1.807) is 29.6 Å². The highest BCUT2D eigenvalue weighted by atomic mass is 32.2. The topological polar surface area (TPSA) is 92.1 Å². The van der Waals surface area contributed by atoms with Crippen LogP contribution in [0.1, 0.15) is 39.7 Å². The van der Waals surface area contributed by atoms with E-state index in [1.807, 2.05) is 40.4 Å². The lowest BCUT2D eigenvalue weighted by atomic mass is 10.0. The first kappa shape index (κ1) is 24.7. The molecule has 1 N–H and O–H groups in total. The summed E-state index contributed by atoms with van der Waals surface area (Å²) in [7, 11) is 0. The summed E-state index contributed by atoms with van der Waals surface area (Å²) in [6.45, 7) is 2.05. The van der Waals surface area contributed by atoms with Gasteiger partial charge in [-0.3, -0.25) is 4.79 Å². The number of nitrogens with one attached hydrogen (secondary N) is 1. The van der Waals surface area contributed by atoms with Gasteiger partial charge in [0.15, 0.2) is 0 Å². The predicted octanol–water partition coefficient (Wildman–Crippen LogP) is 6.87. The fourth-order valence-electron chi connectivity index (χ4n) is 4.14. The SMILES string of the molecule is CCOC(=O)c1c(NC(=O)CSc2nc(-c3cccs3)cc(-c3ccsc3)c2C#N)sc2c1CCC2. The van der Waals surface area contributed by atoms with Crippen molar-refractivity contribution < 1.29 is 14.3 Å². The molecule has 0 spiro atoms. The molecule has 4 heterocycles. The molecular formula is C26H21N3O3S4. The molecule has 0 unspecified atom stereocenters. The van der Waals surface area contributed by atoms with Gasteiger partial charge in [-0.1, -0.05) is 17.8 Å². The van der Waals surface area contributed by atoms with Gasteiger partial charge in [-0.15, -0.1) is 22.7 Å². The van der Waals surface area contributed by atoms with E-state index < -0.39 is 5.97 Å². The van der Waals surface area contributed by atoms with Crippen LogP contribution in [-0.2, 0) is 22.4 Å². The Balaban J connectivity index is 1.41. The van der Waals surface area contributed by atoms with Crippen molar-refractivity contribution in [3.05, 3.63) is 62.0 Å². The maximum Gasteiger partial charge on any atom is 0.341 e. The third kappa shape index (κ3) is 4.97. The van der Waals surface area contributed by atoms with Crippen LogP contribution >= 0.6 is 45.8 Å². The second-order valence-corrected chi connectivity index (χ2v) is 11.8. The Kier molecular flexibility index (Phi) is 7.53. The molecule has 4 aromatic rings. The zero-order valence-corrected chi connectivity index (χ0v) is 22.6. The normalized spacial score (nSPS) is 12.2. The van der Waals surface area contributed by atoms with Crippen LogP contribution in [0, 0.1) is 11.3 Å². The Bertz CT molecular complexity index is 1450. The molecule has 4 aromatic heterocycles. The number of carbonyl (C=O) groups excluding carboxylic acids is 2. The molecule has 0 aromatic carbocycles. The second kappa shape index (κ2) is 11.0. The first-order valence-electron chi connectivity index (χ1n) is 11.3. The third-order valence-corrected chi connectivity index (χ3v) is 9.46. The number of ether oxygens (including phenoxy) is 1. The van der Waals surface area contributed by atoms with Gasteiger partial charge in [-0.2, -0.15) is 16.6 Å². The number of aryl methyl sites for hydroxylation is 1. The van der Waals surface area contributed by atoms with Gasteiger partial charge in [-0.25, -0.2) is 9.78 Å². The Morgan fingerprint density at radius 2 is 2.17 bits per heavy atom. The molecule has 1 amide bonds. The number of nitriles is 1. The molecule has 10 heteroatoms. The van der Waals surface area contributed by atoms with Crippen molar-refractivity contribution >= 4 is 62.6 Å². The number of nitrogens with zero attached hydrogens (tertiary/aromatic N) is 2. The monoisotopic (exact) mass is 551 g/mol. The first-order chi connectivity index (χ1) is 17.6. The van der Waals surface area contributed by atoms with Gasteiger partial charge in [0.05, 0.1) is 34.1 Å². The largest absolute Gasteiger partial charge is 0.462 e. The standard InChI is InChI=1S/C26H21N3O3S4/c1-2-32-26(31)23-16-5-3-6-20(16)36-25(23)29-22(30)14-35-24-18(12-27)17(15-8-10-33-13-15)11-19(28-24)21-7-4-9-34-21/h4,7-11,13H,2-3,5-6,14H2,1H3,(H,29,30). The summed E-state index contributed by atoms with van der Waals surface area (Å²) in [5.74, 6) is -0.587. The predicted molar refractivity (Wildman–Crippen MR) is 147 cm³/mol. The zero-order chi connectivity index (χ0) is 25.1. The fraction of sp³-hybridized carbons (Fsp3) is 0.231. The Morgan fingerprint density at radius 1 is 1.28 bits per heavy atom. The Labute approximate surface area is 225 Å². The lowest BCUT2D eigenvalue weighted by molar-refractivity contribution is -0.113. The molecule has 1 aliphatic rings. The van der Waals surface area contributed by atoms with E-state index in [0.717, 1.165) is 51.4 Å². The molecule has 1 aliphatic carbocycles. The van der Waals surface area contributed by atoms with Crippen molar-refractivity contribution in [1.29, 1.82) is 5.26 Å². The van der Waals surface area contributed by atoms with Crippen LogP contribution in [0.3, 0.4) is 0 Å². The minimum absolute atomic E-state index is 0.0590. The summed E-state index contributed by atoms with van der Waals surface area (Å²) < 4.78 is 5.26. The van der Waals surface area contributed by atoms with Crippen LogP contribution in [-0.4, -0.2) is 29.2 Å². The summed E-state index contributed by atoms with van der Waals surface area (Å²) in [4.78, 5) is 32.5. The number of esters is 1. The molecule has 0 bridgehead atoms. The van der Waals surface area contributed by atoms with Crippen molar-refractivity contribution in [2.75, 3.05) is 17.7 Å². The van der Waals surface area contributed by atoms with Gasteiger partial charge in [-0.05, 0) is 71.7 Å². The number of hydrogen-bond acceptors (Lipinski definition) is 9. The average molecular weight is 552 g/mol. The van der Waals surface area contributed by atoms with E-state index >= 15 is 0 Å². The molecule has 182 valence electrons. The summed E-state index contributed by atoms with van der Waals surface area (Å²) >= 11 is 5.82. The average Bonchev–Trinajstić information content (AvgIpc) is 3.67. The molecule has 0 fully saturated rings. The van der Waals surface area contributed by atoms with E-state index in [0.29, 0.717) is 21.2 Å². The Morgan fingerprint density at radius 3 is 2.89 bits per heavy atom. The molecule has 0 saturated heterocycles. The van der Waals surface area contributed by atoms with E-state index in [1.165, 1.54) is 23.1 Å². The molecule has 6 nitrogen and oxygen atoms in total. The number of hydrogen-bond donors (Lipinski definition) is 1. The zero-order valence-electron chi connectivity index (χ0n) is 19.3. The number of fused-ring (bicyclic) bond motifs is 1. The first-order valence-corrected chi connectivity index (χ1v) is 15.0. The van der Waals surface area contributed by atoms with Gasteiger partial charge in [0.25, 0.3) is 0 Å². The maximum atomic E-state index is 13.0. The molecular weight excluding hydrogens is 531 g/mol. The van der Waals surface area contributed by atoms with Crippen molar-refractivity contribution in [3.8, 4) is 27.8 Å². The van der Waals surface area contributed by atoms with Gasteiger partial charge < -0.3 is 10.1 Å². The summed E-state index contributed by atoms with van der Waals surface area (Å²) in [5, 5.41) is 19.9. The van der Waals surface area contributed by atoms with E-state index in [-0.39, 0.29) is 18.3 Å². The number of aromatic nitrogens is 1. The van der Waals surface area contributed by atoms with Crippen molar-refractivity contribution in [3.63, 3.8) is 0 Å². The summed E-state index contributed by atoms with van der Waals surface area (Å²) in [6.07, 6.45) is 2.74. The molecule has 0 radical (unpaired) electrons. The number of thioether (sulfide) groups is 1. The van der Waals surface area contributed by atoms with E-state index in [9.17, 15) is 14.9 Å². The molecule has 0 aliphatic heterocycles. The number of pyridine rings is 1. The second-order valence-electron chi connectivity index (χ2n) is 7.96. The smallest absolute Gasteiger partial charge is 0.341 e. The number of rotatable bonds is 8. The highest BCUT2D eigenvalue weighted by Gasteiger charge is 2.28. The minimum Gasteiger partial charge on any atom is -0.462 e. The highest BCUT2D eigenvalue weighted by molar-refractivity contribution is 8.00. The van der Waals surface area contributed by atoms with Crippen LogP contribution in [0.15, 0.2) is 45.4 Å². The number of anilines is 1. The number of carbonyl (C=O) groups is 2. The van der Waals surface area contributed by atoms with Gasteiger partial charge in [0, 0.05) is 10.4 Å². The molecule has 36 heavy (non-hydrogen) atoms. The van der Waals surface area contributed by atoms with Crippen LogP contribution in [0.2, 0.25) is 0 Å². The lowest BCUT2D eigenvalue weighted by Crippen LogP contribution is -2.17. The molecule has 0 saturated carbocycles. The van der Waals surface area contributed by atoms with Gasteiger partial charge >= 0.3 is 5.97 Å². The summed E-state index contributed by atoms with van der Waals surface area (Å²) in [5.41, 5.74) is 4.47. The van der Waals surface area contributed by atoms with Gasteiger partial charge in [0.2, 0.25) is 5.91 Å². The third-order valence-electron chi connectivity index (χ3n) is 5.70. The van der Waals surface area contributed by atoms with Crippen molar-refractivity contribution in [1.82, 2.24) is 4.98 Å². The van der Waals surface area contributed by atoms with Crippen molar-refractivity contribution in [2.45, 2.75) is 31.2 Å². The number of amides is 1. The van der Waals surface area contributed by atoms with E-state index in [2.05, 4.69) is 11.4 Å². The number of thiophene rings is 3. The van der Waals surface area contributed by atoms with Crippen LogP contribution in [0.5, 0.6) is 0 Å². The molecule has 5 rings (SSSR count). The Hall–Kier alpha value is -2.97. The van der Waals surface area contributed by atoms with Crippen LogP contribution in [0.25, 0.3) is 21.7 Å². The van der Waals surface area contributed by atoms with E-state index in [4.69, 9.17) is 9.72 Å². The fourth-order valence-corrected chi connectivity index (χ4v) is 7.58. The van der Waals surface area contributed by atoms with Crippen molar-refractivity contribution in [2.24, 2.45) is 0 Å². The van der Waals surface area contributed by atoms with Crippen LogP contribution < -0.4 is 5.32 Å². The van der Waals surface area contributed by atoms with Gasteiger partial charge in [0.1, 0.15) is 16.1 Å². The minimum atomic E-state index is -0.391. The van der Waals surface area contributed by atoms with Crippen LogP contribution in [0.4, 0.5) is 5.00 Å². The molecule has 0 atom stereocenters. The summed E-state index contributed by atoms with van der Waals surface area (Å²) in [6, 6.07) is 10.2. The lowest BCUT2D eigenvalue weighted by Gasteiger charge is -2.11. The quantitative estimate of drug-likeness (QED) is 0.190. The highest BCUT2D eigenvalue weighted by Crippen LogP contribution is 2.40. The maximum absolute atomic E-state index is 13.0.